The molecule has 0 bridgehead atoms. The van der Waals surface area contributed by atoms with Crippen molar-refractivity contribution in [3.8, 4) is 0 Å². The van der Waals surface area contributed by atoms with Crippen molar-refractivity contribution in [1.29, 1.82) is 0 Å². The van der Waals surface area contributed by atoms with Crippen LogP contribution in [0.5, 0.6) is 0 Å². The number of ether oxygens (including phenoxy) is 1. The average Bonchev–Trinajstić information content (AvgIpc) is 2.79. The third-order valence-corrected chi connectivity index (χ3v) is 6.03. The molecule has 188 valence electrons. The normalized spacial score (nSPS) is 20.3. The van der Waals surface area contributed by atoms with Crippen LogP contribution >= 0.6 is 23.2 Å². The van der Waals surface area contributed by atoms with Gasteiger partial charge in [-0.3, -0.25) is 19.9 Å². The summed E-state index contributed by atoms with van der Waals surface area (Å²) in [4.78, 5) is 26.8. The molecular weight excluding hydrogens is 483 g/mol. The van der Waals surface area contributed by atoms with Crippen LogP contribution in [-0.4, -0.2) is 45.4 Å². The molecule has 0 radical (unpaired) electrons. The smallest absolute Gasteiger partial charge is 0.414 e. The van der Waals surface area contributed by atoms with E-state index in [2.05, 4.69) is 28.8 Å². The molecule has 0 fully saturated rings. The van der Waals surface area contributed by atoms with Crippen molar-refractivity contribution in [3.05, 3.63) is 64.2 Å². The van der Waals surface area contributed by atoms with Crippen LogP contribution in [0.4, 0.5) is 4.79 Å². The molecule has 4 rings (SSSR count). The van der Waals surface area contributed by atoms with Gasteiger partial charge in [0.05, 0.1) is 15.7 Å². The number of hydrogen-bond donors (Lipinski definition) is 0. The van der Waals surface area contributed by atoms with Gasteiger partial charge in [-0.25, -0.2) is 4.79 Å². The first kappa shape index (κ1) is 27.2. The number of carbonyl (C=O) groups excluding carboxylic acids is 1. The van der Waals surface area contributed by atoms with Crippen molar-refractivity contribution in [2.75, 3.05) is 13.1 Å². The number of carbonyl (C=O) groups is 1. The molecule has 2 unspecified atom stereocenters. The minimum absolute atomic E-state index is 0.333. The molecule has 4 heterocycles. The molecule has 0 aliphatic carbocycles. The Bertz CT molecular complexity index is 1090. The van der Waals surface area contributed by atoms with Gasteiger partial charge in [-0.2, -0.15) is 0 Å². The predicted molar refractivity (Wildman–Crippen MR) is 143 cm³/mol. The van der Waals surface area contributed by atoms with Gasteiger partial charge in [0, 0.05) is 54.7 Å². The highest BCUT2D eigenvalue weighted by Gasteiger charge is 2.29. The summed E-state index contributed by atoms with van der Waals surface area (Å²) in [5.41, 5.74) is 3.36. The van der Waals surface area contributed by atoms with E-state index in [-0.39, 0.29) is 6.09 Å². The number of allylic oxidation sites excluding steroid dienone is 1. The van der Waals surface area contributed by atoms with Crippen LogP contribution in [0.25, 0.3) is 5.70 Å². The number of nitrogens with zero attached hydrogens (tertiary/aromatic N) is 4. The highest BCUT2D eigenvalue weighted by molar-refractivity contribution is 6.31. The third-order valence-electron chi connectivity index (χ3n) is 5.62. The maximum atomic E-state index is 12.4. The van der Waals surface area contributed by atoms with Gasteiger partial charge in [-0.1, -0.05) is 43.1 Å². The van der Waals surface area contributed by atoms with Gasteiger partial charge in [0.2, 0.25) is 0 Å². The fraction of sp³-hybridized carbons (Fsp3) is 0.481. The van der Waals surface area contributed by atoms with Crippen LogP contribution in [0.1, 0.15) is 65.0 Å². The summed E-state index contributed by atoms with van der Waals surface area (Å²) in [6, 6.07) is 3.75. The molecule has 2 atom stereocenters. The Morgan fingerprint density at radius 3 is 2.20 bits per heavy atom. The Hall–Kier alpha value is -2.44. The van der Waals surface area contributed by atoms with Gasteiger partial charge < -0.3 is 4.74 Å². The largest absolute Gasteiger partial charge is 0.443 e. The van der Waals surface area contributed by atoms with Crippen LogP contribution in [-0.2, 0) is 4.74 Å². The van der Waals surface area contributed by atoms with E-state index < -0.39 is 5.60 Å². The summed E-state index contributed by atoms with van der Waals surface area (Å²) in [6.45, 7) is 11.5. The molecule has 6 nitrogen and oxygen atoms in total. The van der Waals surface area contributed by atoms with Gasteiger partial charge >= 0.3 is 6.09 Å². The minimum Gasteiger partial charge on any atom is -0.443 e. The number of pyridine rings is 2. The van der Waals surface area contributed by atoms with Crippen molar-refractivity contribution in [1.82, 2.24) is 14.9 Å². The molecule has 2 aliphatic rings. The lowest BCUT2D eigenvalue weighted by Crippen LogP contribution is -2.39. The van der Waals surface area contributed by atoms with Gasteiger partial charge in [0.25, 0.3) is 0 Å². The first-order chi connectivity index (χ1) is 16.5. The molecule has 0 N–H and O–H groups in total. The van der Waals surface area contributed by atoms with Crippen molar-refractivity contribution in [2.45, 2.75) is 59.5 Å². The fourth-order valence-corrected chi connectivity index (χ4v) is 4.20. The number of amides is 1. The molecule has 8 heteroatoms. The molecule has 1 amide bonds. The summed E-state index contributed by atoms with van der Waals surface area (Å²) in [7, 11) is 0. The third kappa shape index (κ3) is 8.32. The van der Waals surface area contributed by atoms with Gasteiger partial charge in [-0.05, 0) is 64.0 Å². The van der Waals surface area contributed by atoms with E-state index in [9.17, 15) is 4.79 Å². The van der Waals surface area contributed by atoms with E-state index >= 15 is 0 Å². The molecule has 35 heavy (non-hydrogen) atoms. The summed E-state index contributed by atoms with van der Waals surface area (Å²) < 4.78 is 5.50. The monoisotopic (exact) mass is 516 g/mol. The number of rotatable bonds is 2. The number of hydrogen-bond acceptors (Lipinski definition) is 5. The molecule has 2 aromatic rings. The van der Waals surface area contributed by atoms with E-state index in [0.717, 1.165) is 41.9 Å². The predicted octanol–water partition coefficient (Wildman–Crippen LogP) is 7.31. The topological polar surface area (TPSA) is 67.7 Å². The second kappa shape index (κ2) is 12.0. The highest BCUT2D eigenvalue weighted by atomic mass is 35.5. The molecule has 2 aromatic heterocycles. The Labute approximate surface area is 218 Å². The first-order valence-electron chi connectivity index (χ1n) is 12.0. The van der Waals surface area contributed by atoms with E-state index in [0.29, 0.717) is 28.4 Å². The lowest BCUT2D eigenvalue weighted by atomic mass is 9.97. The second-order valence-corrected chi connectivity index (χ2v) is 11.1. The van der Waals surface area contributed by atoms with E-state index in [1.807, 2.05) is 45.2 Å². The second-order valence-electron chi connectivity index (χ2n) is 10.2. The van der Waals surface area contributed by atoms with Crippen LogP contribution in [0.3, 0.4) is 0 Å². The van der Waals surface area contributed by atoms with Gasteiger partial charge in [0.15, 0.2) is 0 Å². The Morgan fingerprint density at radius 1 is 1.00 bits per heavy atom. The summed E-state index contributed by atoms with van der Waals surface area (Å²) in [5, 5.41) is 1.24. The molecule has 2 aliphatic heterocycles. The van der Waals surface area contributed by atoms with Crippen LogP contribution < -0.4 is 0 Å². The molecule has 0 saturated carbocycles. The quantitative estimate of drug-likeness (QED) is 0.419. The molecular formula is C27H34Cl2N4O2. The van der Waals surface area contributed by atoms with Crippen molar-refractivity contribution >= 4 is 40.7 Å². The number of aliphatic imine (C=N–C) groups is 1. The summed E-state index contributed by atoms with van der Waals surface area (Å²) in [5.74, 6) is 1.11. The standard InChI is InChI=1S/C16H21ClN2O2.C11H13ClN2/c1-11-5-6-14(12-7-13(17)9-18-8-12)19(10-11)15(20)21-16(2,3)4;1-8-2-3-11(14-5-8)9-4-10(12)7-13-6-9/h6-9,11H,5,10H2,1-4H3;4,6-8H,2-3,5H2,1H3. The lowest BCUT2D eigenvalue weighted by Gasteiger charge is -2.33. The van der Waals surface area contributed by atoms with Crippen LogP contribution in [0, 0.1) is 11.8 Å². The zero-order chi connectivity index (χ0) is 25.6. The lowest BCUT2D eigenvalue weighted by molar-refractivity contribution is 0.0327. The van der Waals surface area contributed by atoms with Crippen LogP contribution in [0.15, 0.2) is 48.0 Å². The van der Waals surface area contributed by atoms with Crippen molar-refractivity contribution < 1.29 is 9.53 Å². The Balaban J connectivity index is 0.000000211. The number of aromatic nitrogens is 2. The summed E-state index contributed by atoms with van der Waals surface area (Å²) >= 11 is 11.9. The van der Waals surface area contributed by atoms with Crippen LogP contribution in [0.2, 0.25) is 10.0 Å². The molecule has 0 saturated heterocycles. The first-order valence-corrected chi connectivity index (χ1v) is 12.7. The maximum absolute atomic E-state index is 12.4. The Morgan fingerprint density at radius 2 is 1.63 bits per heavy atom. The van der Waals surface area contributed by atoms with Crippen molar-refractivity contribution in [3.63, 3.8) is 0 Å². The van der Waals surface area contributed by atoms with Gasteiger partial charge in [0.1, 0.15) is 5.60 Å². The summed E-state index contributed by atoms with van der Waals surface area (Å²) in [6.07, 6.45) is 11.7. The highest BCUT2D eigenvalue weighted by Crippen LogP contribution is 2.30. The van der Waals surface area contributed by atoms with E-state index in [4.69, 9.17) is 27.9 Å². The van der Waals surface area contributed by atoms with E-state index in [1.54, 1.807) is 23.5 Å². The number of halogens is 2. The van der Waals surface area contributed by atoms with E-state index in [1.165, 1.54) is 6.42 Å². The average molecular weight is 518 g/mol. The fourth-order valence-electron chi connectivity index (χ4n) is 3.85. The van der Waals surface area contributed by atoms with Gasteiger partial charge in [-0.15, -0.1) is 0 Å². The SMILES string of the molecule is CC1CC=C(c2cncc(Cl)c2)N(C(=O)OC(C)(C)C)C1.CC1CCC(c2cncc(Cl)c2)=NC1. The Kier molecular flexibility index (Phi) is 9.31. The molecule has 0 aromatic carbocycles. The minimum atomic E-state index is -0.518. The zero-order valence-electron chi connectivity index (χ0n) is 21.1. The maximum Gasteiger partial charge on any atom is 0.414 e. The molecule has 0 spiro atoms. The van der Waals surface area contributed by atoms with Crippen molar-refractivity contribution in [2.24, 2.45) is 16.8 Å². The zero-order valence-corrected chi connectivity index (χ0v) is 22.6.